The lowest BCUT2D eigenvalue weighted by Gasteiger charge is -2.18. The Morgan fingerprint density at radius 2 is 1.83 bits per heavy atom. The number of nitrogens with one attached hydrogen (secondary N) is 1. The summed E-state index contributed by atoms with van der Waals surface area (Å²) in [5.41, 5.74) is 1.47. The molecule has 1 aromatic heterocycles. The fraction of sp³-hybridized carbons (Fsp3) is 0.188. The minimum atomic E-state index is -0.447. The highest BCUT2D eigenvalue weighted by Gasteiger charge is 2.14. The van der Waals surface area contributed by atoms with E-state index in [1.165, 1.54) is 12.1 Å². The molecular formula is C16H17N3O3S. The summed E-state index contributed by atoms with van der Waals surface area (Å²) in [7, 11) is 0. The van der Waals surface area contributed by atoms with E-state index in [0.29, 0.717) is 25.3 Å². The minimum Gasteiger partial charge on any atom is -0.312 e. The van der Waals surface area contributed by atoms with Crippen LogP contribution < -0.4 is 4.87 Å². The molecular weight excluding hydrogens is 314 g/mol. The second-order valence-corrected chi connectivity index (χ2v) is 5.96. The van der Waals surface area contributed by atoms with E-state index in [9.17, 15) is 14.9 Å². The Morgan fingerprint density at radius 3 is 2.35 bits per heavy atom. The summed E-state index contributed by atoms with van der Waals surface area (Å²) in [5, 5.41) is 10.7. The highest BCUT2D eigenvalue weighted by atomic mass is 32.1. The van der Waals surface area contributed by atoms with E-state index in [1.54, 1.807) is 24.3 Å². The zero-order valence-electron chi connectivity index (χ0n) is 12.5. The number of aromatic nitrogens is 1. The van der Waals surface area contributed by atoms with Crippen molar-refractivity contribution in [1.82, 2.24) is 9.88 Å². The predicted octanol–water partition coefficient (Wildman–Crippen LogP) is 3.19. The van der Waals surface area contributed by atoms with Gasteiger partial charge in [-0.15, -0.1) is 13.2 Å². The lowest BCUT2D eigenvalue weighted by molar-refractivity contribution is -0.384. The standard InChI is InChI=1S/C16H17N3O3S/c1-3-9-18(10-4-2)11-14-15(17-16(20)23-14)12-5-7-13(8-6-12)19(21)22/h3-8H,1-2,9-11H2,(H,17,20). The number of H-pyrrole nitrogens is 1. The highest BCUT2D eigenvalue weighted by Crippen LogP contribution is 2.26. The number of hydrogen-bond donors (Lipinski definition) is 1. The predicted molar refractivity (Wildman–Crippen MR) is 92.7 cm³/mol. The molecule has 23 heavy (non-hydrogen) atoms. The number of rotatable bonds is 8. The molecule has 6 nitrogen and oxygen atoms in total. The molecule has 0 aliphatic heterocycles. The number of nitro groups is 1. The molecule has 1 heterocycles. The van der Waals surface area contributed by atoms with Gasteiger partial charge in [0.1, 0.15) is 0 Å². The summed E-state index contributed by atoms with van der Waals surface area (Å²) in [6.45, 7) is 9.39. The van der Waals surface area contributed by atoms with Gasteiger partial charge in [0.05, 0.1) is 10.6 Å². The quantitative estimate of drug-likeness (QED) is 0.458. The third-order valence-corrected chi connectivity index (χ3v) is 4.10. The summed E-state index contributed by atoms with van der Waals surface area (Å²) in [6, 6.07) is 6.15. The van der Waals surface area contributed by atoms with Crippen molar-refractivity contribution in [2.45, 2.75) is 6.54 Å². The molecule has 120 valence electrons. The second-order valence-electron chi connectivity index (χ2n) is 4.89. The van der Waals surface area contributed by atoms with Crippen LogP contribution in [0.5, 0.6) is 0 Å². The van der Waals surface area contributed by atoms with Gasteiger partial charge in [-0.1, -0.05) is 23.5 Å². The van der Waals surface area contributed by atoms with Crippen molar-refractivity contribution < 1.29 is 4.92 Å². The molecule has 7 heteroatoms. The molecule has 0 spiro atoms. The lowest BCUT2D eigenvalue weighted by Crippen LogP contribution is -2.23. The first-order chi connectivity index (χ1) is 11.0. The van der Waals surface area contributed by atoms with Gasteiger partial charge in [0, 0.05) is 36.6 Å². The van der Waals surface area contributed by atoms with Crippen molar-refractivity contribution in [3.63, 3.8) is 0 Å². The van der Waals surface area contributed by atoms with Crippen LogP contribution in [0.25, 0.3) is 11.3 Å². The van der Waals surface area contributed by atoms with E-state index in [-0.39, 0.29) is 10.6 Å². The van der Waals surface area contributed by atoms with Crippen LogP contribution in [0.2, 0.25) is 0 Å². The first kappa shape index (κ1) is 16.9. The summed E-state index contributed by atoms with van der Waals surface area (Å²) in [4.78, 5) is 27.7. The maximum atomic E-state index is 11.8. The van der Waals surface area contributed by atoms with E-state index in [4.69, 9.17) is 0 Å². The smallest absolute Gasteiger partial charge is 0.305 e. The van der Waals surface area contributed by atoms with Crippen molar-refractivity contribution in [2.75, 3.05) is 13.1 Å². The van der Waals surface area contributed by atoms with Gasteiger partial charge >= 0.3 is 4.87 Å². The van der Waals surface area contributed by atoms with Gasteiger partial charge in [0.2, 0.25) is 0 Å². The Kier molecular flexibility index (Phi) is 5.61. The Balaban J connectivity index is 2.32. The van der Waals surface area contributed by atoms with Gasteiger partial charge in [-0.2, -0.15) is 0 Å². The van der Waals surface area contributed by atoms with Crippen molar-refractivity contribution in [3.05, 3.63) is 74.2 Å². The first-order valence-electron chi connectivity index (χ1n) is 6.96. The zero-order chi connectivity index (χ0) is 16.8. The molecule has 0 saturated carbocycles. The monoisotopic (exact) mass is 331 g/mol. The van der Waals surface area contributed by atoms with Crippen molar-refractivity contribution >= 4 is 17.0 Å². The minimum absolute atomic E-state index is 0.0211. The maximum absolute atomic E-state index is 11.8. The highest BCUT2D eigenvalue weighted by molar-refractivity contribution is 7.09. The number of nitro benzene ring substituents is 1. The fourth-order valence-electron chi connectivity index (χ4n) is 2.23. The average molecular weight is 331 g/mol. The Morgan fingerprint density at radius 1 is 1.22 bits per heavy atom. The molecule has 1 aromatic carbocycles. The SMILES string of the molecule is C=CCN(CC=C)Cc1sc(=O)[nH]c1-c1ccc([N+](=O)[O-])cc1. The molecule has 2 aromatic rings. The van der Waals surface area contributed by atoms with Crippen molar-refractivity contribution in [1.29, 1.82) is 0 Å². The number of non-ortho nitro benzene ring substituents is 1. The summed E-state index contributed by atoms with van der Waals surface area (Å²) in [6.07, 6.45) is 3.59. The largest absolute Gasteiger partial charge is 0.312 e. The van der Waals surface area contributed by atoms with Crippen LogP contribution in [0.1, 0.15) is 4.88 Å². The maximum Gasteiger partial charge on any atom is 0.305 e. The Hall–Kier alpha value is -2.51. The molecule has 2 rings (SSSR count). The van der Waals surface area contributed by atoms with Gasteiger partial charge in [-0.25, -0.2) is 0 Å². The molecule has 0 aliphatic carbocycles. The van der Waals surface area contributed by atoms with E-state index in [0.717, 1.165) is 21.8 Å². The second kappa shape index (κ2) is 7.66. The third-order valence-electron chi connectivity index (χ3n) is 3.23. The Labute approximate surface area is 137 Å². The van der Waals surface area contributed by atoms with Crippen molar-refractivity contribution in [3.8, 4) is 11.3 Å². The van der Waals surface area contributed by atoms with E-state index < -0.39 is 4.92 Å². The summed E-state index contributed by atoms with van der Waals surface area (Å²) >= 11 is 1.14. The fourth-order valence-corrected chi connectivity index (χ4v) is 3.12. The number of thiazole rings is 1. The van der Waals surface area contributed by atoms with Gasteiger partial charge < -0.3 is 4.98 Å². The van der Waals surface area contributed by atoms with Crippen LogP contribution >= 0.6 is 11.3 Å². The van der Waals surface area contributed by atoms with Gasteiger partial charge in [0.25, 0.3) is 5.69 Å². The van der Waals surface area contributed by atoms with Crippen LogP contribution in [-0.4, -0.2) is 27.9 Å². The topological polar surface area (TPSA) is 79.2 Å². The Bertz CT molecular complexity index is 752. The lowest BCUT2D eigenvalue weighted by atomic mass is 10.1. The number of hydrogen-bond acceptors (Lipinski definition) is 5. The van der Waals surface area contributed by atoms with Gasteiger partial charge in [-0.3, -0.25) is 19.8 Å². The molecule has 0 bridgehead atoms. The normalized spacial score (nSPS) is 10.7. The summed E-state index contributed by atoms with van der Waals surface area (Å²) in [5.74, 6) is 0. The van der Waals surface area contributed by atoms with E-state index in [2.05, 4.69) is 23.0 Å². The van der Waals surface area contributed by atoms with Crippen molar-refractivity contribution in [2.24, 2.45) is 0 Å². The molecule has 0 amide bonds. The summed E-state index contributed by atoms with van der Waals surface area (Å²) < 4.78 is 0. The number of benzene rings is 1. The number of nitrogens with zero attached hydrogens (tertiary/aromatic N) is 2. The third kappa shape index (κ3) is 4.24. The molecule has 1 N–H and O–H groups in total. The van der Waals surface area contributed by atoms with Crippen LogP contribution in [-0.2, 0) is 6.54 Å². The van der Waals surface area contributed by atoms with Crippen LogP contribution in [0.4, 0.5) is 5.69 Å². The molecule has 0 fully saturated rings. The molecule has 0 aliphatic rings. The average Bonchev–Trinajstić information content (AvgIpc) is 2.88. The molecule has 0 atom stereocenters. The van der Waals surface area contributed by atoms with Crippen LogP contribution in [0, 0.1) is 10.1 Å². The molecule has 0 unspecified atom stereocenters. The van der Waals surface area contributed by atoms with Gasteiger partial charge in [0.15, 0.2) is 0 Å². The van der Waals surface area contributed by atoms with Gasteiger partial charge in [-0.05, 0) is 17.7 Å². The zero-order valence-corrected chi connectivity index (χ0v) is 13.3. The van der Waals surface area contributed by atoms with Crippen LogP contribution in [0.3, 0.4) is 0 Å². The first-order valence-corrected chi connectivity index (χ1v) is 7.77. The number of aromatic amines is 1. The van der Waals surface area contributed by atoms with Crippen LogP contribution in [0.15, 0.2) is 54.4 Å². The van der Waals surface area contributed by atoms with E-state index in [1.807, 2.05) is 0 Å². The van der Waals surface area contributed by atoms with E-state index >= 15 is 0 Å². The molecule has 0 radical (unpaired) electrons. The molecule has 0 saturated heterocycles.